The second-order valence-electron chi connectivity index (χ2n) is 11.5. The molecule has 0 unspecified atom stereocenters. The number of halogens is 1. The number of methoxy groups -OCH3 is 1. The average molecular weight is 677 g/mol. The molecule has 1 aliphatic heterocycles. The summed E-state index contributed by atoms with van der Waals surface area (Å²) in [4.78, 5) is 36.0. The molecule has 0 spiro atoms. The van der Waals surface area contributed by atoms with E-state index in [4.69, 9.17) is 31.2 Å². The van der Waals surface area contributed by atoms with E-state index in [1.807, 2.05) is 70.5 Å². The van der Waals surface area contributed by atoms with Crippen LogP contribution in [-0.4, -0.2) is 83.3 Å². The topological polar surface area (TPSA) is 127 Å². The summed E-state index contributed by atoms with van der Waals surface area (Å²) in [5.41, 5.74) is 5.26. The highest BCUT2D eigenvalue weighted by atomic mass is 35.5. The first-order valence-corrected chi connectivity index (χ1v) is 16.5. The van der Waals surface area contributed by atoms with Gasteiger partial charge in [-0.3, -0.25) is 9.59 Å². The molecule has 1 aliphatic rings. The fraction of sp³-hybridized carbons (Fsp3) is 0.400. The Morgan fingerprint density at radius 2 is 1.75 bits per heavy atom. The minimum Gasteiger partial charge on any atom is -0.494 e. The molecule has 1 saturated heterocycles. The van der Waals surface area contributed by atoms with Gasteiger partial charge in [0.05, 0.1) is 43.1 Å². The van der Waals surface area contributed by atoms with Crippen molar-refractivity contribution in [2.45, 2.75) is 46.1 Å². The van der Waals surface area contributed by atoms with E-state index in [1.54, 1.807) is 18.0 Å². The maximum absolute atomic E-state index is 12.6. The quantitative estimate of drug-likeness (QED) is 0.157. The van der Waals surface area contributed by atoms with E-state index >= 15 is 0 Å². The zero-order valence-electron chi connectivity index (χ0n) is 28.3. The summed E-state index contributed by atoms with van der Waals surface area (Å²) in [5.74, 6) is 1.57. The fourth-order valence-corrected chi connectivity index (χ4v) is 5.31. The number of anilines is 4. The lowest BCUT2D eigenvalue weighted by Gasteiger charge is -2.31. The van der Waals surface area contributed by atoms with Gasteiger partial charge in [0, 0.05) is 68.1 Å². The zero-order chi connectivity index (χ0) is 34.5. The number of nitrogens with one attached hydrogen (secondary N) is 2. The number of hydrogen-bond donors (Lipinski definition) is 2. The van der Waals surface area contributed by atoms with E-state index < -0.39 is 0 Å². The third kappa shape index (κ3) is 10.2. The maximum atomic E-state index is 12.6. The molecule has 0 radical (unpaired) electrons. The molecule has 5 rings (SSSR count). The highest BCUT2D eigenvalue weighted by Gasteiger charge is 2.21. The van der Waals surface area contributed by atoms with Gasteiger partial charge in [-0.1, -0.05) is 44.2 Å². The van der Waals surface area contributed by atoms with Gasteiger partial charge in [-0.25, -0.2) is 9.67 Å². The Hall–Kier alpha value is -4.52. The molecule has 12 nitrogen and oxygen atoms in total. The minimum atomic E-state index is -0.238. The number of carbonyl (C=O) groups is 2. The van der Waals surface area contributed by atoms with E-state index in [0.717, 1.165) is 55.0 Å². The van der Waals surface area contributed by atoms with Crippen LogP contribution in [0.5, 0.6) is 5.75 Å². The van der Waals surface area contributed by atoms with Crippen molar-refractivity contribution < 1.29 is 19.1 Å². The summed E-state index contributed by atoms with van der Waals surface area (Å²) in [6.45, 7) is 7.34. The average Bonchev–Trinajstić information content (AvgIpc) is 3.49. The lowest BCUT2D eigenvalue weighted by Crippen LogP contribution is -2.36. The van der Waals surface area contributed by atoms with Crippen molar-refractivity contribution in [3.05, 3.63) is 66.5 Å². The summed E-state index contributed by atoms with van der Waals surface area (Å²) in [7, 11) is 5.70. The van der Waals surface area contributed by atoms with Gasteiger partial charge in [0.1, 0.15) is 5.75 Å². The van der Waals surface area contributed by atoms with Gasteiger partial charge in [0.25, 0.3) is 0 Å². The first-order chi connectivity index (χ1) is 23.2. The zero-order valence-corrected chi connectivity index (χ0v) is 29.1. The molecule has 1 amide bonds. The molecule has 0 saturated carbocycles. The number of ether oxygens (including phenoxy) is 2. The third-order valence-corrected chi connectivity index (χ3v) is 7.50. The lowest BCUT2D eigenvalue weighted by atomic mass is 10.1. The van der Waals surface area contributed by atoms with E-state index in [1.165, 1.54) is 0 Å². The number of benzene rings is 2. The highest BCUT2D eigenvalue weighted by Crippen LogP contribution is 2.38. The number of aromatic nitrogens is 4. The molecule has 4 aromatic rings. The molecule has 48 heavy (non-hydrogen) atoms. The summed E-state index contributed by atoms with van der Waals surface area (Å²) in [6.07, 6.45) is 6.25. The highest BCUT2D eigenvalue weighted by molar-refractivity contribution is 6.63. The van der Waals surface area contributed by atoms with Gasteiger partial charge in [0.2, 0.25) is 17.1 Å². The molecule has 0 bridgehead atoms. The molecule has 2 N–H and O–H groups in total. The lowest BCUT2D eigenvalue weighted by molar-refractivity contribution is -0.116. The molecule has 1 fully saturated rings. The van der Waals surface area contributed by atoms with Crippen LogP contribution in [-0.2, 0) is 20.9 Å². The summed E-state index contributed by atoms with van der Waals surface area (Å²) >= 11 is 4.94. The Labute approximate surface area is 287 Å². The van der Waals surface area contributed by atoms with Gasteiger partial charge in [-0.15, -0.1) is 0 Å². The number of carbonyl (C=O) groups excluding carboxylic acids is 2. The summed E-state index contributed by atoms with van der Waals surface area (Å²) in [5, 5.41) is 11.1. The van der Waals surface area contributed by atoms with Crippen molar-refractivity contribution in [2.24, 2.45) is 0 Å². The first-order valence-electron chi connectivity index (χ1n) is 16.1. The van der Waals surface area contributed by atoms with E-state index in [-0.39, 0.29) is 11.1 Å². The van der Waals surface area contributed by atoms with Crippen molar-refractivity contribution in [2.75, 3.05) is 63.0 Å². The number of nitrogens with zero attached hydrogens (tertiary/aromatic N) is 6. The van der Waals surface area contributed by atoms with Gasteiger partial charge in [-0.05, 0) is 44.6 Å². The second kappa shape index (κ2) is 18.1. The number of hydrogen-bond acceptors (Lipinski definition) is 10. The Morgan fingerprint density at radius 1 is 1.02 bits per heavy atom. The SMILES string of the molecule is CCCC(=O)Cl.CCCC(=O)Nc1cc(Nc2nccc(-n3cc(CN(C)C)c(-c4ccccc4)n3)n2)c(OC)cc1N1CCOCC1. The molecule has 2 aromatic heterocycles. The van der Waals surface area contributed by atoms with Crippen molar-refractivity contribution >= 4 is 45.8 Å². The van der Waals surface area contributed by atoms with E-state index in [9.17, 15) is 9.59 Å². The van der Waals surface area contributed by atoms with Crippen molar-refractivity contribution in [3.63, 3.8) is 0 Å². The number of morpholine rings is 1. The molecule has 256 valence electrons. The third-order valence-electron chi connectivity index (χ3n) is 7.31. The Kier molecular flexibility index (Phi) is 13.7. The smallest absolute Gasteiger partial charge is 0.229 e. The standard InChI is InChI=1S/C31H38N8O3.C4H7ClO/c1-5-9-29(40)33-24-18-25(27(41-4)19-26(24)38-14-16-42-17-15-38)34-31-32-13-12-28(35-31)39-21-23(20-37(2)3)30(36-39)22-10-7-6-8-11-22;1-2-3-4(5)6/h6-8,10-13,18-19,21H,5,9,14-17,20H2,1-4H3,(H,33,40)(H,32,34,35);2-3H2,1H3. The molecule has 13 heteroatoms. The van der Waals surface area contributed by atoms with Crippen LogP contribution < -0.4 is 20.3 Å². The predicted molar refractivity (Wildman–Crippen MR) is 191 cm³/mol. The van der Waals surface area contributed by atoms with Crippen LogP contribution in [0.15, 0.2) is 60.9 Å². The Balaban J connectivity index is 0.000000794. The normalized spacial score (nSPS) is 12.7. The molecular weight excluding hydrogens is 632 g/mol. The van der Waals surface area contributed by atoms with Crippen LogP contribution in [0.25, 0.3) is 17.1 Å². The predicted octanol–water partition coefficient (Wildman–Crippen LogP) is 6.27. The molecule has 3 heterocycles. The van der Waals surface area contributed by atoms with Crippen LogP contribution in [0.1, 0.15) is 45.1 Å². The summed E-state index contributed by atoms with van der Waals surface area (Å²) in [6, 6.07) is 15.8. The molecule has 0 aliphatic carbocycles. The van der Waals surface area contributed by atoms with Crippen molar-refractivity contribution in [3.8, 4) is 22.8 Å². The van der Waals surface area contributed by atoms with Gasteiger partial charge in [0.15, 0.2) is 5.82 Å². The monoisotopic (exact) mass is 676 g/mol. The van der Waals surface area contributed by atoms with Crippen molar-refractivity contribution in [1.82, 2.24) is 24.6 Å². The maximum Gasteiger partial charge on any atom is 0.229 e. The van der Waals surface area contributed by atoms with Gasteiger partial charge < -0.3 is 29.9 Å². The fourth-order valence-electron chi connectivity index (χ4n) is 5.12. The van der Waals surface area contributed by atoms with Crippen LogP contribution in [0.3, 0.4) is 0 Å². The summed E-state index contributed by atoms with van der Waals surface area (Å²) < 4.78 is 13.1. The van der Waals surface area contributed by atoms with E-state index in [2.05, 4.69) is 37.6 Å². The van der Waals surface area contributed by atoms with Crippen LogP contribution in [0.4, 0.5) is 23.0 Å². The Bertz CT molecular complexity index is 1640. The molecule has 2 aromatic carbocycles. The van der Waals surface area contributed by atoms with Gasteiger partial charge in [-0.2, -0.15) is 10.1 Å². The largest absolute Gasteiger partial charge is 0.494 e. The number of amides is 1. The molecule has 0 atom stereocenters. The Morgan fingerprint density at radius 3 is 2.38 bits per heavy atom. The van der Waals surface area contributed by atoms with Crippen LogP contribution >= 0.6 is 11.6 Å². The number of rotatable bonds is 13. The van der Waals surface area contributed by atoms with Crippen LogP contribution in [0, 0.1) is 0 Å². The van der Waals surface area contributed by atoms with E-state index in [0.29, 0.717) is 54.9 Å². The minimum absolute atomic E-state index is 0.0391. The van der Waals surface area contributed by atoms with Gasteiger partial charge >= 0.3 is 0 Å². The molecular formula is C35H45ClN8O4. The van der Waals surface area contributed by atoms with Crippen molar-refractivity contribution in [1.29, 1.82) is 0 Å². The van der Waals surface area contributed by atoms with Crippen LogP contribution in [0.2, 0.25) is 0 Å². The first kappa shape index (κ1) is 36.3. The second-order valence-corrected chi connectivity index (χ2v) is 11.9.